The zero-order valence-corrected chi connectivity index (χ0v) is 10.9. The Morgan fingerprint density at radius 2 is 2.18 bits per heavy atom. The van der Waals surface area contributed by atoms with Crippen LogP contribution < -0.4 is 5.32 Å². The summed E-state index contributed by atoms with van der Waals surface area (Å²) in [5.74, 6) is 0.797. The molecule has 0 aliphatic heterocycles. The van der Waals surface area contributed by atoms with Gasteiger partial charge in [-0.1, -0.05) is 11.6 Å². The molecule has 0 fully saturated rings. The number of aryl methyl sites for hydroxylation is 1. The van der Waals surface area contributed by atoms with Crippen molar-refractivity contribution in [3.05, 3.63) is 40.3 Å². The summed E-state index contributed by atoms with van der Waals surface area (Å²) in [6.07, 6.45) is 1.78. The van der Waals surface area contributed by atoms with Gasteiger partial charge in [0.1, 0.15) is 0 Å². The molecule has 4 nitrogen and oxygen atoms in total. The molecule has 2 heterocycles. The lowest BCUT2D eigenvalue weighted by Crippen LogP contribution is -2.07. The standard InChI is InChI=1S/C12H15ClN4/c1-8-12(13)9(2)17(16-8)11-6-10(7-14-3)4-5-15-11/h4-6,14H,7H2,1-3H3. The Morgan fingerprint density at radius 3 is 2.76 bits per heavy atom. The van der Waals surface area contributed by atoms with E-state index in [9.17, 15) is 0 Å². The minimum atomic E-state index is 0.700. The summed E-state index contributed by atoms with van der Waals surface area (Å²) in [6, 6.07) is 3.99. The first-order chi connectivity index (χ1) is 8.13. The lowest BCUT2D eigenvalue weighted by molar-refractivity contribution is 0.785. The minimum Gasteiger partial charge on any atom is -0.316 e. The average Bonchev–Trinajstić information content (AvgIpc) is 2.58. The third-order valence-electron chi connectivity index (χ3n) is 2.61. The van der Waals surface area contributed by atoms with Gasteiger partial charge < -0.3 is 5.32 Å². The molecule has 0 aliphatic carbocycles. The van der Waals surface area contributed by atoms with Gasteiger partial charge in [0.2, 0.25) is 0 Å². The Kier molecular flexibility index (Phi) is 3.45. The highest BCUT2D eigenvalue weighted by Crippen LogP contribution is 2.21. The molecule has 0 aliphatic rings. The first-order valence-corrected chi connectivity index (χ1v) is 5.83. The maximum absolute atomic E-state index is 6.13. The summed E-state index contributed by atoms with van der Waals surface area (Å²) in [6.45, 7) is 4.64. The molecule has 0 atom stereocenters. The van der Waals surface area contributed by atoms with E-state index in [4.69, 9.17) is 11.6 Å². The van der Waals surface area contributed by atoms with Crippen molar-refractivity contribution in [1.82, 2.24) is 20.1 Å². The first-order valence-electron chi connectivity index (χ1n) is 5.45. The molecule has 0 saturated carbocycles. The number of nitrogens with one attached hydrogen (secondary N) is 1. The van der Waals surface area contributed by atoms with Crippen LogP contribution >= 0.6 is 11.6 Å². The molecular weight excluding hydrogens is 236 g/mol. The quantitative estimate of drug-likeness (QED) is 0.909. The van der Waals surface area contributed by atoms with Gasteiger partial charge in [0.15, 0.2) is 5.82 Å². The number of hydrogen-bond donors (Lipinski definition) is 1. The van der Waals surface area contributed by atoms with Crippen LogP contribution in [0.15, 0.2) is 18.3 Å². The molecule has 1 N–H and O–H groups in total. The van der Waals surface area contributed by atoms with E-state index in [-0.39, 0.29) is 0 Å². The highest BCUT2D eigenvalue weighted by Gasteiger charge is 2.11. The number of halogens is 1. The summed E-state index contributed by atoms with van der Waals surface area (Å²) < 4.78 is 1.77. The van der Waals surface area contributed by atoms with Crippen molar-refractivity contribution in [3.8, 4) is 5.82 Å². The number of pyridine rings is 1. The van der Waals surface area contributed by atoms with Crippen molar-refractivity contribution in [2.75, 3.05) is 7.05 Å². The average molecular weight is 251 g/mol. The normalized spacial score (nSPS) is 10.8. The second-order valence-electron chi connectivity index (χ2n) is 3.95. The van der Waals surface area contributed by atoms with Gasteiger partial charge in [0.25, 0.3) is 0 Å². The molecule has 0 unspecified atom stereocenters. The van der Waals surface area contributed by atoms with Crippen LogP contribution in [0, 0.1) is 13.8 Å². The number of aromatic nitrogens is 3. The summed E-state index contributed by atoms with van der Waals surface area (Å²) in [4.78, 5) is 4.32. The third kappa shape index (κ3) is 2.33. The van der Waals surface area contributed by atoms with Crippen LogP contribution in [0.4, 0.5) is 0 Å². The van der Waals surface area contributed by atoms with Crippen molar-refractivity contribution in [1.29, 1.82) is 0 Å². The lowest BCUT2D eigenvalue weighted by Gasteiger charge is -2.05. The molecular formula is C12H15ClN4. The fourth-order valence-corrected chi connectivity index (χ4v) is 1.86. The van der Waals surface area contributed by atoms with Crippen LogP contribution in [0.1, 0.15) is 17.0 Å². The zero-order valence-electron chi connectivity index (χ0n) is 10.2. The lowest BCUT2D eigenvalue weighted by atomic mass is 10.2. The van der Waals surface area contributed by atoms with Crippen molar-refractivity contribution >= 4 is 11.6 Å². The van der Waals surface area contributed by atoms with Gasteiger partial charge in [-0.25, -0.2) is 9.67 Å². The van der Waals surface area contributed by atoms with E-state index in [1.54, 1.807) is 10.9 Å². The molecule has 90 valence electrons. The summed E-state index contributed by atoms with van der Waals surface area (Å²) in [5, 5.41) is 8.19. The number of nitrogens with zero attached hydrogens (tertiary/aromatic N) is 3. The van der Waals surface area contributed by atoms with Gasteiger partial charge in [-0.15, -0.1) is 0 Å². The third-order valence-corrected chi connectivity index (χ3v) is 3.16. The molecule has 0 radical (unpaired) electrons. The van der Waals surface area contributed by atoms with E-state index in [0.717, 1.165) is 23.8 Å². The maximum Gasteiger partial charge on any atom is 0.153 e. The largest absolute Gasteiger partial charge is 0.316 e. The zero-order chi connectivity index (χ0) is 12.4. The Hall–Kier alpha value is -1.39. The maximum atomic E-state index is 6.13. The second-order valence-corrected chi connectivity index (χ2v) is 4.33. The predicted octanol–water partition coefficient (Wildman–Crippen LogP) is 2.26. The van der Waals surface area contributed by atoms with Gasteiger partial charge in [0.05, 0.1) is 16.4 Å². The van der Waals surface area contributed by atoms with E-state index in [2.05, 4.69) is 15.4 Å². The van der Waals surface area contributed by atoms with Crippen molar-refractivity contribution in [3.63, 3.8) is 0 Å². The van der Waals surface area contributed by atoms with Crippen molar-refractivity contribution in [2.24, 2.45) is 0 Å². The topological polar surface area (TPSA) is 42.7 Å². The highest BCUT2D eigenvalue weighted by molar-refractivity contribution is 6.31. The van der Waals surface area contributed by atoms with Gasteiger partial charge in [-0.05, 0) is 38.6 Å². The van der Waals surface area contributed by atoms with Gasteiger partial charge in [-0.2, -0.15) is 5.10 Å². The molecule has 0 amide bonds. The monoisotopic (exact) mass is 250 g/mol. The molecule has 2 rings (SSSR count). The van der Waals surface area contributed by atoms with E-state index in [1.807, 2.05) is 33.0 Å². The van der Waals surface area contributed by atoms with Gasteiger partial charge in [0, 0.05) is 12.7 Å². The van der Waals surface area contributed by atoms with Crippen LogP contribution in [0.5, 0.6) is 0 Å². The van der Waals surface area contributed by atoms with E-state index >= 15 is 0 Å². The molecule has 0 aromatic carbocycles. The summed E-state index contributed by atoms with van der Waals surface area (Å²) in [7, 11) is 1.92. The van der Waals surface area contributed by atoms with Gasteiger partial charge in [-0.3, -0.25) is 0 Å². The SMILES string of the molecule is CNCc1ccnc(-n2nc(C)c(Cl)c2C)c1. The molecule has 17 heavy (non-hydrogen) atoms. The molecule has 0 bridgehead atoms. The van der Waals surface area contributed by atoms with Crippen LogP contribution in [0.3, 0.4) is 0 Å². The fraction of sp³-hybridized carbons (Fsp3) is 0.333. The van der Waals surface area contributed by atoms with Gasteiger partial charge >= 0.3 is 0 Å². The highest BCUT2D eigenvalue weighted by atomic mass is 35.5. The Morgan fingerprint density at radius 1 is 1.41 bits per heavy atom. The number of hydrogen-bond acceptors (Lipinski definition) is 3. The van der Waals surface area contributed by atoms with Crippen LogP contribution in [0.2, 0.25) is 5.02 Å². The Balaban J connectivity index is 2.45. The second kappa shape index (κ2) is 4.85. The fourth-order valence-electron chi connectivity index (χ4n) is 1.74. The first kappa shape index (κ1) is 12.1. The van der Waals surface area contributed by atoms with Crippen molar-refractivity contribution in [2.45, 2.75) is 20.4 Å². The van der Waals surface area contributed by atoms with E-state index < -0.39 is 0 Å². The van der Waals surface area contributed by atoms with Crippen LogP contribution in [-0.2, 0) is 6.54 Å². The Bertz CT molecular complexity index is 533. The van der Waals surface area contributed by atoms with Crippen LogP contribution in [-0.4, -0.2) is 21.8 Å². The molecule has 0 spiro atoms. The number of rotatable bonds is 3. The van der Waals surface area contributed by atoms with E-state index in [0.29, 0.717) is 5.02 Å². The summed E-state index contributed by atoms with van der Waals surface area (Å²) in [5.41, 5.74) is 2.91. The van der Waals surface area contributed by atoms with Crippen LogP contribution in [0.25, 0.3) is 5.82 Å². The molecule has 0 saturated heterocycles. The molecule has 5 heteroatoms. The summed E-state index contributed by atoms with van der Waals surface area (Å²) >= 11 is 6.13. The Labute approximate surface area is 106 Å². The molecule has 2 aromatic heterocycles. The predicted molar refractivity (Wildman–Crippen MR) is 68.6 cm³/mol. The molecule has 2 aromatic rings. The minimum absolute atomic E-state index is 0.700. The van der Waals surface area contributed by atoms with E-state index in [1.165, 1.54) is 5.56 Å². The smallest absolute Gasteiger partial charge is 0.153 e. The van der Waals surface area contributed by atoms with Crippen molar-refractivity contribution < 1.29 is 0 Å².